The minimum Gasteiger partial charge on any atom is -0.494 e. The molecule has 2 N–H and O–H groups in total. The van der Waals surface area contributed by atoms with Gasteiger partial charge in [-0.3, -0.25) is 0 Å². The number of hydrogen-bond acceptors (Lipinski definition) is 4. The van der Waals surface area contributed by atoms with Crippen molar-refractivity contribution in [3.8, 4) is 16.3 Å². The second-order valence-electron chi connectivity index (χ2n) is 4.11. The number of ether oxygens (including phenoxy) is 1. The second kappa shape index (κ2) is 5.98. The molecule has 96 valence electrons. The van der Waals surface area contributed by atoms with E-state index in [4.69, 9.17) is 10.5 Å². The van der Waals surface area contributed by atoms with E-state index in [0.29, 0.717) is 6.54 Å². The summed E-state index contributed by atoms with van der Waals surface area (Å²) in [5, 5.41) is 1.01. The van der Waals surface area contributed by atoms with Crippen molar-refractivity contribution >= 4 is 11.3 Å². The lowest BCUT2D eigenvalue weighted by Gasteiger charge is -2.05. The molecule has 0 saturated carbocycles. The molecule has 0 aliphatic heterocycles. The highest BCUT2D eigenvalue weighted by Gasteiger charge is 2.08. The molecule has 3 nitrogen and oxygen atoms in total. The van der Waals surface area contributed by atoms with Gasteiger partial charge in [-0.25, -0.2) is 4.98 Å². The van der Waals surface area contributed by atoms with E-state index in [9.17, 15) is 0 Å². The first-order chi connectivity index (χ1) is 8.74. The molecule has 1 aromatic heterocycles. The van der Waals surface area contributed by atoms with Crippen LogP contribution in [0.1, 0.15) is 23.9 Å². The summed E-state index contributed by atoms with van der Waals surface area (Å²) in [6.07, 6.45) is 1.01. The van der Waals surface area contributed by atoms with E-state index in [0.717, 1.165) is 39.9 Å². The molecule has 0 bridgehead atoms. The molecular weight excluding hydrogens is 244 g/mol. The van der Waals surface area contributed by atoms with Gasteiger partial charge >= 0.3 is 0 Å². The average Bonchev–Trinajstić information content (AvgIpc) is 2.78. The van der Waals surface area contributed by atoms with E-state index >= 15 is 0 Å². The van der Waals surface area contributed by atoms with Gasteiger partial charge in [0, 0.05) is 17.0 Å². The lowest BCUT2D eigenvalue weighted by molar-refractivity contribution is 0.317. The van der Waals surface area contributed by atoms with Crippen molar-refractivity contribution < 1.29 is 4.74 Å². The summed E-state index contributed by atoms with van der Waals surface area (Å²) in [7, 11) is 0. The molecule has 0 fully saturated rings. The molecule has 1 aromatic carbocycles. The van der Waals surface area contributed by atoms with Gasteiger partial charge in [0.05, 0.1) is 12.3 Å². The Labute approximate surface area is 112 Å². The molecule has 2 rings (SSSR count). The standard InChI is InChI=1S/C14H18N2OS/c1-3-7-17-12-6-4-5-11(8-12)14-16-10(2)13(9-15)18-14/h4-6,8H,3,7,9,15H2,1-2H3. The van der Waals surface area contributed by atoms with Gasteiger partial charge in [-0.2, -0.15) is 0 Å². The molecule has 0 aliphatic rings. The van der Waals surface area contributed by atoms with E-state index in [-0.39, 0.29) is 0 Å². The zero-order valence-electron chi connectivity index (χ0n) is 10.8. The van der Waals surface area contributed by atoms with Crippen LogP contribution in [0, 0.1) is 6.92 Å². The van der Waals surface area contributed by atoms with Gasteiger partial charge in [0.25, 0.3) is 0 Å². The molecule has 0 saturated heterocycles. The Morgan fingerprint density at radius 1 is 1.39 bits per heavy atom. The smallest absolute Gasteiger partial charge is 0.124 e. The average molecular weight is 262 g/mol. The number of nitrogens with zero attached hydrogens (tertiary/aromatic N) is 1. The molecule has 1 heterocycles. The predicted octanol–water partition coefficient (Wildman–Crippen LogP) is 3.37. The lowest BCUT2D eigenvalue weighted by Crippen LogP contribution is -1.94. The maximum atomic E-state index is 5.68. The third kappa shape index (κ3) is 2.89. The Morgan fingerprint density at radius 3 is 2.89 bits per heavy atom. The Kier molecular flexibility index (Phi) is 4.33. The van der Waals surface area contributed by atoms with E-state index in [1.807, 2.05) is 25.1 Å². The van der Waals surface area contributed by atoms with Crippen molar-refractivity contribution in [2.45, 2.75) is 26.8 Å². The normalized spacial score (nSPS) is 10.6. The van der Waals surface area contributed by atoms with E-state index in [1.165, 1.54) is 0 Å². The number of benzene rings is 1. The summed E-state index contributed by atoms with van der Waals surface area (Å²) >= 11 is 1.65. The summed E-state index contributed by atoms with van der Waals surface area (Å²) < 4.78 is 5.63. The van der Waals surface area contributed by atoms with Crippen LogP contribution in [-0.4, -0.2) is 11.6 Å². The fourth-order valence-corrected chi connectivity index (χ4v) is 2.62. The molecule has 0 unspecified atom stereocenters. The monoisotopic (exact) mass is 262 g/mol. The molecule has 2 aromatic rings. The van der Waals surface area contributed by atoms with Crippen LogP contribution in [0.2, 0.25) is 0 Å². The molecule has 18 heavy (non-hydrogen) atoms. The van der Waals surface area contributed by atoms with Gasteiger partial charge in [-0.15, -0.1) is 11.3 Å². The lowest BCUT2D eigenvalue weighted by atomic mass is 10.2. The SMILES string of the molecule is CCCOc1cccc(-c2nc(C)c(CN)s2)c1. The van der Waals surface area contributed by atoms with Crippen molar-refractivity contribution in [1.29, 1.82) is 0 Å². The van der Waals surface area contributed by atoms with Gasteiger partial charge < -0.3 is 10.5 Å². The number of nitrogens with two attached hydrogens (primary N) is 1. The molecule has 0 radical (unpaired) electrons. The fourth-order valence-electron chi connectivity index (χ4n) is 1.68. The van der Waals surface area contributed by atoms with Crippen molar-refractivity contribution in [2.75, 3.05) is 6.61 Å². The van der Waals surface area contributed by atoms with Gasteiger partial charge in [0.1, 0.15) is 10.8 Å². The third-order valence-electron chi connectivity index (χ3n) is 2.63. The highest BCUT2D eigenvalue weighted by atomic mass is 32.1. The van der Waals surface area contributed by atoms with E-state index in [2.05, 4.69) is 18.0 Å². The van der Waals surface area contributed by atoms with Crippen LogP contribution in [0.15, 0.2) is 24.3 Å². The van der Waals surface area contributed by atoms with Crippen molar-refractivity contribution in [1.82, 2.24) is 4.98 Å². The van der Waals surface area contributed by atoms with Crippen LogP contribution < -0.4 is 10.5 Å². The minimum atomic E-state index is 0.551. The highest BCUT2D eigenvalue weighted by molar-refractivity contribution is 7.15. The van der Waals surface area contributed by atoms with Gasteiger partial charge in [0.15, 0.2) is 0 Å². The molecule has 0 spiro atoms. The quantitative estimate of drug-likeness (QED) is 0.898. The van der Waals surface area contributed by atoms with Crippen LogP contribution in [0.25, 0.3) is 10.6 Å². The van der Waals surface area contributed by atoms with Gasteiger partial charge in [0.2, 0.25) is 0 Å². The maximum absolute atomic E-state index is 5.68. The molecule has 0 atom stereocenters. The zero-order chi connectivity index (χ0) is 13.0. The number of aromatic nitrogens is 1. The Morgan fingerprint density at radius 2 is 2.22 bits per heavy atom. The van der Waals surface area contributed by atoms with Crippen LogP contribution in [0.3, 0.4) is 0 Å². The largest absolute Gasteiger partial charge is 0.494 e. The van der Waals surface area contributed by atoms with Crippen LogP contribution in [0.4, 0.5) is 0 Å². The minimum absolute atomic E-state index is 0.551. The Hall–Kier alpha value is -1.39. The Bertz CT molecular complexity index is 522. The first kappa shape index (κ1) is 13.1. The van der Waals surface area contributed by atoms with Crippen LogP contribution >= 0.6 is 11.3 Å². The summed E-state index contributed by atoms with van der Waals surface area (Å²) in [6, 6.07) is 8.06. The molecular formula is C14H18N2OS. The number of thiazole rings is 1. The van der Waals surface area contributed by atoms with Crippen LogP contribution in [0.5, 0.6) is 5.75 Å². The maximum Gasteiger partial charge on any atom is 0.124 e. The number of hydrogen-bond donors (Lipinski definition) is 1. The molecule has 0 amide bonds. The highest BCUT2D eigenvalue weighted by Crippen LogP contribution is 2.29. The summed E-state index contributed by atoms with van der Waals surface area (Å²) in [6.45, 7) is 5.39. The van der Waals surface area contributed by atoms with Crippen molar-refractivity contribution in [2.24, 2.45) is 5.73 Å². The number of aryl methyl sites for hydroxylation is 1. The Balaban J connectivity index is 2.26. The first-order valence-corrected chi connectivity index (χ1v) is 6.96. The van der Waals surface area contributed by atoms with Crippen molar-refractivity contribution in [3.05, 3.63) is 34.8 Å². The fraction of sp³-hybridized carbons (Fsp3) is 0.357. The summed E-state index contributed by atoms with van der Waals surface area (Å²) in [4.78, 5) is 5.70. The zero-order valence-corrected chi connectivity index (χ0v) is 11.6. The van der Waals surface area contributed by atoms with Crippen molar-refractivity contribution in [3.63, 3.8) is 0 Å². The summed E-state index contributed by atoms with van der Waals surface area (Å²) in [5.74, 6) is 0.900. The molecule has 4 heteroatoms. The predicted molar refractivity (Wildman–Crippen MR) is 76.0 cm³/mol. The molecule has 0 aliphatic carbocycles. The first-order valence-electron chi connectivity index (χ1n) is 6.14. The third-order valence-corrected chi connectivity index (χ3v) is 3.86. The second-order valence-corrected chi connectivity index (χ2v) is 5.19. The van der Waals surface area contributed by atoms with Crippen LogP contribution in [-0.2, 0) is 6.54 Å². The summed E-state index contributed by atoms with van der Waals surface area (Å²) in [5.41, 5.74) is 7.80. The van der Waals surface area contributed by atoms with E-state index < -0.39 is 0 Å². The topological polar surface area (TPSA) is 48.1 Å². The van der Waals surface area contributed by atoms with Gasteiger partial charge in [-0.05, 0) is 25.5 Å². The van der Waals surface area contributed by atoms with E-state index in [1.54, 1.807) is 11.3 Å². The van der Waals surface area contributed by atoms with Gasteiger partial charge in [-0.1, -0.05) is 19.1 Å². The number of rotatable bonds is 5.